The van der Waals surface area contributed by atoms with Gasteiger partial charge in [0.25, 0.3) is 0 Å². The fourth-order valence-corrected chi connectivity index (χ4v) is 2.37. The van der Waals surface area contributed by atoms with Gasteiger partial charge >= 0.3 is 0 Å². The molecule has 114 valence electrons. The Hall–Kier alpha value is -2.84. The molecule has 0 saturated carbocycles. The van der Waals surface area contributed by atoms with E-state index < -0.39 is 5.82 Å². The van der Waals surface area contributed by atoms with Gasteiger partial charge in [0.2, 0.25) is 5.78 Å². The van der Waals surface area contributed by atoms with Crippen molar-refractivity contribution >= 4 is 23.5 Å². The molecule has 0 saturated heterocycles. The molecule has 6 heteroatoms. The minimum atomic E-state index is -0.546. The number of Topliss-reactive ketones (excluding diaryl/α,β-unsaturated/α-hetero) is 1. The Balaban J connectivity index is 1.94. The molecule has 0 amide bonds. The van der Waals surface area contributed by atoms with E-state index in [1.54, 1.807) is 6.07 Å². The molecule has 0 aromatic heterocycles. The maximum atomic E-state index is 13.8. The van der Waals surface area contributed by atoms with Crippen LogP contribution in [0.2, 0.25) is 5.02 Å². The molecule has 0 spiro atoms. The maximum absolute atomic E-state index is 13.8. The second-order valence-corrected chi connectivity index (χ2v) is 5.09. The van der Waals surface area contributed by atoms with Crippen molar-refractivity contribution in [3.63, 3.8) is 0 Å². The molecule has 0 unspecified atom stereocenters. The molecule has 0 bridgehead atoms. The molecule has 4 nitrogen and oxygen atoms in total. The number of halogens is 2. The molecule has 1 aliphatic rings. The fraction of sp³-hybridized carbons (Fsp3) is 0.0588. The van der Waals surface area contributed by atoms with Crippen molar-refractivity contribution in [2.24, 2.45) is 0 Å². The molecule has 0 atom stereocenters. The summed E-state index contributed by atoms with van der Waals surface area (Å²) in [6.45, 7) is -0.111. The van der Waals surface area contributed by atoms with E-state index >= 15 is 0 Å². The van der Waals surface area contributed by atoms with Crippen LogP contribution in [-0.2, 0) is 0 Å². The first-order valence-corrected chi connectivity index (χ1v) is 7.00. The number of nitriles is 1. The van der Waals surface area contributed by atoms with Crippen molar-refractivity contribution in [1.82, 2.24) is 0 Å². The topological polar surface area (TPSA) is 59.3 Å². The minimum Gasteiger partial charge on any atom is -0.479 e. The van der Waals surface area contributed by atoms with Crippen LogP contribution in [-0.4, -0.2) is 12.4 Å². The third kappa shape index (κ3) is 2.89. The van der Waals surface area contributed by atoms with Crippen LogP contribution in [0.25, 0.3) is 6.08 Å². The molecule has 0 aliphatic carbocycles. The first-order valence-electron chi connectivity index (χ1n) is 6.62. The molecule has 1 heterocycles. The lowest BCUT2D eigenvalue weighted by Gasteiger charge is -2.03. The predicted molar refractivity (Wildman–Crippen MR) is 81.9 cm³/mol. The molecule has 2 aromatic rings. The van der Waals surface area contributed by atoms with Crippen molar-refractivity contribution in [2.45, 2.75) is 0 Å². The Kier molecular flexibility index (Phi) is 4.00. The Morgan fingerprint density at radius 3 is 2.91 bits per heavy atom. The summed E-state index contributed by atoms with van der Waals surface area (Å²) >= 11 is 5.95. The van der Waals surface area contributed by atoms with E-state index in [9.17, 15) is 9.18 Å². The number of rotatable bonds is 3. The summed E-state index contributed by atoms with van der Waals surface area (Å²) in [5.74, 6) is -0.238. The third-order valence-electron chi connectivity index (χ3n) is 3.22. The lowest BCUT2D eigenvalue weighted by Crippen LogP contribution is -1.99. The van der Waals surface area contributed by atoms with Gasteiger partial charge in [-0.2, -0.15) is 5.26 Å². The van der Waals surface area contributed by atoms with Crippen LogP contribution in [0, 0.1) is 17.1 Å². The number of nitrogens with zero attached hydrogens (tertiary/aromatic N) is 1. The van der Waals surface area contributed by atoms with E-state index in [-0.39, 0.29) is 28.7 Å². The van der Waals surface area contributed by atoms with Crippen LogP contribution < -0.4 is 9.47 Å². The largest absolute Gasteiger partial charge is 0.479 e. The first kappa shape index (κ1) is 15.1. The number of hydrogen-bond acceptors (Lipinski definition) is 4. The van der Waals surface area contributed by atoms with Gasteiger partial charge in [-0.3, -0.25) is 4.79 Å². The van der Waals surface area contributed by atoms with Gasteiger partial charge in [0.05, 0.1) is 10.6 Å². The van der Waals surface area contributed by atoms with Crippen molar-refractivity contribution in [3.05, 3.63) is 64.1 Å². The van der Waals surface area contributed by atoms with Gasteiger partial charge < -0.3 is 9.47 Å². The quantitative estimate of drug-likeness (QED) is 0.799. The van der Waals surface area contributed by atoms with Crippen LogP contribution in [0.4, 0.5) is 4.39 Å². The van der Waals surface area contributed by atoms with Gasteiger partial charge in [-0.1, -0.05) is 17.7 Å². The highest BCUT2D eigenvalue weighted by molar-refractivity contribution is 6.32. The zero-order valence-electron chi connectivity index (χ0n) is 11.7. The number of ketones is 1. The summed E-state index contributed by atoms with van der Waals surface area (Å²) in [5.41, 5.74) is 0.430. The van der Waals surface area contributed by atoms with E-state index in [1.807, 2.05) is 6.07 Å². The Morgan fingerprint density at radius 1 is 1.35 bits per heavy atom. The number of hydrogen-bond donors (Lipinski definition) is 0. The number of benzene rings is 2. The fourth-order valence-electron chi connectivity index (χ4n) is 2.15. The summed E-state index contributed by atoms with van der Waals surface area (Å²) in [5, 5.41) is 8.69. The van der Waals surface area contributed by atoms with Crippen LogP contribution >= 0.6 is 11.6 Å². The van der Waals surface area contributed by atoms with E-state index in [0.717, 1.165) is 0 Å². The smallest absolute Gasteiger partial charge is 0.231 e. The average Bonchev–Trinajstić information content (AvgIpc) is 2.85. The number of ether oxygens (including phenoxy) is 2. The lowest BCUT2D eigenvalue weighted by molar-refractivity contribution is 0.101. The molecule has 0 N–H and O–H groups in total. The van der Waals surface area contributed by atoms with Gasteiger partial charge in [-0.25, -0.2) is 4.39 Å². The highest BCUT2D eigenvalue weighted by Gasteiger charge is 2.28. The summed E-state index contributed by atoms with van der Waals surface area (Å²) in [6.07, 6.45) is 1.27. The van der Waals surface area contributed by atoms with E-state index in [2.05, 4.69) is 0 Å². The number of carbonyl (C=O) groups is 1. The highest BCUT2D eigenvalue weighted by Crippen LogP contribution is 2.35. The predicted octanol–water partition coefficient (Wildman–Crippen LogP) is 4.00. The van der Waals surface area contributed by atoms with Gasteiger partial charge in [-0.15, -0.1) is 0 Å². The van der Waals surface area contributed by atoms with Crippen molar-refractivity contribution < 1.29 is 18.7 Å². The second kappa shape index (κ2) is 6.11. The molecule has 0 fully saturated rings. The number of fused-ring (bicyclic) bond motifs is 1. The summed E-state index contributed by atoms with van der Waals surface area (Å²) in [4.78, 5) is 12.3. The number of carbonyl (C=O) groups excluding carboxylic acids is 1. The average molecular weight is 330 g/mol. The monoisotopic (exact) mass is 329 g/mol. The van der Waals surface area contributed by atoms with Gasteiger partial charge in [0.1, 0.15) is 23.4 Å². The lowest BCUT2D eigenvalue weighted by atomic mass is 10.1. The van der Waals surface area contributed by atoms with Crippen LogP contribution in [0.15, 0.2) is 42.2 Å². The molecular formula is C17H9ClFNO3. The summed E-state index contributed by atoms with van der Waals surface area (Å²) in [6, 6.07) is 10.7. The summed E-state index contributed by atoms with van der Waals surface area (Å²) < 4.78 is 24.4. The third-order valence-corrected chi connectivity index (χ3v) is 3.55. The van der Waals surface area contributed by atoms with Gasteiger partial charge in [0.15, 0.2) is 12.4 Å². The van der Waals surface area contributed by atoms with Crippen LogP contribution in [0.5, 0.6) is 11.5 Å². The standard InChI is InChI=1S/C17H9ClFNO3/c18-13-2-1-3-14(19)12(13)9-16-17(21)11-5-4-10(22-7-6-20)8-15(11)23-16/h1-5,8-9H,7H2. The Labute approximate surface area is 136 Å². The molecule has 2 aromatic carbocycles. The van der Waals surface area contributed by atoms with Crippen molar-refractivity contribution in [3.8, 4) is 17.6 Å². The molecular weight excluding hydrogens is 321 g/mol. The molecule has 0 radical (unpaired) electrons. The first-order chi connectivity index (χ1) is 11.1. The molecule has 3 rings (SSSR count). The van der Waals surface area contributed by atoms with Crippen LogP contribution in [0.1, 0.15) is 15.9 Å². The van der Waals surface area contributed by atoms with Crippen molar-refractivity contribution in [2.75, 3.05) is 6.61 Å². The van der Waals surface area contributed by atoms with Gasteiger partial charge in [0, 0.05) is 11.6 Å². The van der Waals surface area contributed by atoms with E-state index in [4.69, 9.17) is 26.3 Å². The Bertz CT molecular complexity index is 850. The normalized spacial score (nSPS) is 14.3. The second-order valence-electron chi connectivity index (χ2n) is 4.68. The highest BCUT2D eigenvalue weighted by atomic mass is 35.5. The van der Waals surface area contributed by atoms with Crippen molar-refractivity contribution in [1.29, 1.82) is 5.26 Å². The zero-order chi connectivity index (χ0) is 16.4. The van der Waals surface area contributed by atoms with Crippen LogP contribution in [0.3, 0.4) is 0 Å². The maximum Gasteiger partial charge on any atom is 0.231 e. The minimum absolute atomic E-state index is 0.0237. The summed E-state index contributed by atoms with van der Waals surface area (Å²) in [7, 11) is 0. The number of allylic oxidation sites excluding steroid dienone is 1. The zero-order valence-corrected chi connectivity index (χ0v) is 12.4. The molecule has 23 heavy (non-hydrogen) atoms. The Morgan fingerprint density at radius 2 is 2.17 bits per heavy atom. The molecule has 1 aliphatic heterocycles. The van der Waals surface area contributed by atoms with Gasteiger partial charge in [-0.05, 0) is 30.3 Å². The van der Waals surface area contributed by atoms with E-state index in [1.165, 1.54) is 36.4 Å². The SMILES string of the molecule is N#CCOc1ccc2c(c1)OC(=Cc1c(F)cccc1Cl)C2=O. The van der Waals surface area contributed by atoms with E-state index in [0.29, 0.717) is 17.1 Å².